The smallest absolute Gasteiger partial charge is 0.179 e. The summed E-state index contributed by atoms with van der Waals surface area (Å²) in [4.78, 5) is 1.77. The lowest BCUT2D eigenvalue weighted by molar-refractivity contribution is 0.232. The molecule has 0 saturated carbocycles. The largest absolute Gasteiger partial charge is 0.309 e. The van der Waals surface area contributed by atoms with Gasteiger partial charge in [-0.1, -0.05) is 28.1 Å². The van der Waals surface area contributed by atoms with Crippen molar-refractivity contribution in [3.05, 3.63) is 34.3 Å². The maximum Gasteiger partial charge on any atom is 0.179 e. The molecule has 1 aromatic rings. The molecule has 0 N–H and O–H groups in total. The molecule has 0 bridgehead atoms. The van der Waals surface area contributed by atoms with Crippen LogP contribution in [0.3, 0.4) is 0 Å². The van der Waals surface area contributed by atoms with Gasteiger partial charge in [0, 0.05) is 23.5 Å². The monoisotopic (exact) mass is 236 g/mol. The molecule has 1 aliphatic rings. The van der Waals surface area contributed by atoms with Gasteiger partial charge < -0.3 is 4.90 Å². The number of rotatable bonds is 1. The summed E-state index contributed by atoms with van der Waals surface area (Å²) < 4.78 is 1.11. The Morgan fingerprint density at radius 1 is 1.46 bits per heavy atom. The average Bonchev–Trinajstić information content (AvgIpc) is 2.02. The number of benzene rings is 1. The van der Waals surface area contributed by atoms with Crippen LogP contribution in [0.15, 0.2) is 28.7 Å². The van der Waals surface area contributed by atoms with Crippen LogP contribution in [0.2, 0.25) is 0 Å². The van der Waals surface area contributed by atoms with Crippen molar-refractivity contribution >= 4 is 15.9 Å². The number of nitriles is 1. The Bertz CT molecular complexity index is 350. The minimum atomic E-state index is 0.539. The zero-order valence-electron chi connectivity index (χ0n) is 7.07. The van der Waals surface area contributed by atoms with E-state index in [9.17, 15) is 0 Å². The third-order valence-corrected chi connectivity index (χ3v) is 2.84. The third-order valence-electron chi connectivity index (χ3n) is 2.34. The summed E-state index contributed by atoms with van der Waals surface area (Å²) in [5.74, 6) is 0.539. The first-order valence-electron chi connectivity index (χ1n) is 4.20. The number of hydrogen-bond acceptors (Lipinski definition) is 2. The maximum atomic E-state index is 8.57. The molecule has 0 amide bonds. The molecule has 0 spiro atoms. The number of hydrogen-bond donors (Lipinski definition) is 0. The molecular formula is C10H9BrN2. The Hall–Kier alpha value is -1.01. The van der Waals surface area contributed by atoms with Crippen LogP contribution >= 0.6 is 15.9 Å². The quantitative estimate of drug-likeness (QED) is 0.701. The van der Waals surface area contributed by atoms with Crippen molar-refractivity contribution < 1.29 is 0 Å². The van der Waals surface area contributed by atoms with Crippen LogP contribution in [-0.4, -0.2) is 18.0 Å². The standard InChI is InChI=1S/C10H9BrN2/c11-10-3-1-2-8(4-10)9-5-13(6-9)7-12/h1-4,9H,5-6H2. The lowest BCUT2D eigenvalue weighted by Crippen LogP contribution is -2.41. The lowest BCUT2D eigenvalue weighted by atomic mass is 9.92. The summed E-state index contributed by atoms with van der Waals surface area (Å²) in [7, 11) is 0. The molecule has 1 aromatic carbocycles. The van der Waals surface area contributed by atoms with Crippen LogP contribution in [-0.2, 0) is 0 Å². The fourth-order valence-corrected chi connectivity index (χ4v) is 1.95. The molecule has 0 aliphatic carbocycles. The zero-order chi connectivity index (χ0) is 9.26. The van der Waals surface area contributed by atoms with Crippen molar-refractivity contribution in [2.24, 2.45) is 0 Å². The van der Waals surface area contributed by atoms with Gasteiger partial charge in [0.1, 0.15) is 0 Å². The number of halogens is 1. The van der Waals surface area contributed by atoms with Crippen molar-refractivity contribution in [3.8, 4) is 6.19 Å². The zero-order valence-corrected chi connectivity index (χ0v) is 8.66. The van der Waals surface area contributed by atoms with Gasteiger partial charge in [-0.3, -0.25) is 0 Å². The molecule has 1 saturated heterocycles. The van der Waals surface area contributed by atoms with Gasteiger partial charge in [0.05, 0.1) is 0 Å². The van der Waals surface area contributed by atoms with E-state index in [2.05, 4.69) is 34.3 Å². The summed E-state index contributed by atoms with van der Waals surface area (Å²) in [5.41, 5.74) is 1.32. The van der Waals surface area contributed by atoms with E-state index in [0.717, 1.165) is 17.6 Å². The molecule has 1 heterocycles. The Labute approximate surface area is 85.9 Å². The minimum absolute atomic E-state index is 0.539. The molecule has 66 valence electrons. The topological polar surface area (TPSA) is 27.0 Å². The fraction of sp³-hybridized carbons (Fsp3) is 0.300. The molecule has 0 radical (unpaired) electrons. The van der Waals surface area contributed by atoms with E-state index in [-0.39, 0.29) is 0 Å². The van der Waals surface area contributed by atoms with Gasteiger partial charge in [0.2, 0.25) is 0 Å². The summed E-state index contributed by atoms with van der Waals surface area (Å²) >= 11 is 3.44. The predicted molar refractivity (Wildman–Crippen MR) is 54.1 cm³/mol. The Balaban J connectivity index is 2.08. The maximum absolute atomic E-state index is 8.57. The van der Waals surface area contributed by atoms with Gasteiger partial charge in [0.15, 0.2) is 6.19 Å². The highest BCUT2D eigenvalue weighted by molar-refractivity contribution is 9.10. The van der Waals surface area contributed by atoms with Crippen molar-refractivity contribution in [3.63, 3.8) is 0 Å². The molecule has 0 atom stereocenters. The van der Waals surface area contributed by atoms with E-state index in [4.69, 9.17) is 5.26 Å². The number of likely N-dealkylation sites (tertiary alicyclic amines) is 1. The van der Waals surface area contributed by atoms with Gasteiger partial charge in [0.25, 0.3) is 0 Å². The van der Waals surface area contributed by atoms with E-state index in [1.165, 1.54) is 5.56 Å². The van der Waals surface area contributed by atoms with Crippen molar-refractivity contribution in [1.29, 1.82) is 5.26 Å². The van der Waals surface area contributed by atoms with Gasteiger partial charge in [-0.25, -0.2) is 0 Å². The Morgan fingerprint density at radius 2 is 2.23 bits per heavy atom. The fourth-order valence-electron chi connectivity index (χ4n) is 1.53. The Morgan fingerprint density at radius 3 is 2.85 bits per heavy atom. The molecule has 3 heteroatoms. The minimum Gasteiger partial charge on any atom is -0.309 e. The van der Waals surface area contributed by atoms with E-state index < -0.39 is 0 Å². The van der Waals surface area contributed by atoms with E-state index in [1.54, 1.807) is 4.90 Å². The predicted octanol–water partition coefficient (Wildman–Crippen LogP) is 2.33. The van der Waals surface area contributed by atoms with Crippen LogP contribution in [0.4, 0.5) is 0 Å². The first-order valence-corrected chi connectivity index (χ1v) is 4.99. The second kappa shape index (κ2) is 3.39. The third kappa shape index (κ3) is 1.68. The van der Waals surface area contributed by atoms with Crippen LogP contribution in [0.25, 0.3) is 0 Å². The first-order chi connectivity index (χ1) is 6.29. The average molecular weight is 237 g/mol. The molecule has 13 heavy (non-hydrogen) atoms. The molecule has 0 unspecified atom stereocenters. The lowest BCUT2D eigenvalue weighted by Gasteiger charge is -2.35. The van der Waals surface area contributed by atoms with Gasteiger partial charge >= 0.3 is 0 Å². The molecule has 2 nitrogen and oxygen atoms in total. The summed E-state index contributed by atoms with van der Waals surface area (Å²) in [6.07, 6.45) is 2.14. The molecular weight excluding hydrogens is 228 g/mol. The van der Waals surface area contributed by atoms with Crippen LogP contribution < -0.4 is 0 Å². The molecule has 1 aliphatic heterocycles. The summed E-state index contributed by atoms with van der Waals surface area (Å²) in [6.45, 7) is 1.74. The second-order valence-corrected chi connectivity index (χ2v) is 4.17. The summed E-state index contributed by atoms with van der Waals surface area (Å²) in [5, 5.41) is 8.57. The van der Waals surface area contributed by atoms with Gasteiger partial charge in [-0.05, 0) is 17.7 Å². The summed E-state index contributed by atoms with van der Waals surface area (Å²) in [6, 6.07) is 8.29. The van der Waals surface area contributed by atoms with Crippen LogP contribution in [0.1, 0.15) is 11.5 Å². The SMILES string of the molecule is N#CN1CC(c2cccc(Br)c2)C1. The van der Waals surface area contributed by atoms with Crippen LogP contribution in [0, 0.1) is 11.5 Å². The molecule has 2 rings (SSSR count). The van der Waals surface area contributed by atoms with E-state index in [0.29, 0.717) is 5.92 Å². The highest BCUT2D eigenvalue weighted by atomic mass is 79.9. The second-order valence-electron chi connectivity index (χ2n) is 3.26. The van der Waals surface area contributed by atoms with Gasteiger partial charge in [-0.15, -0.1) is 0 Å². The number of nitrogens with zero attached hydrogens (tertiary/aromatic N) is 2. The van der Waals surface area contributed by atoms with Crippen molar-refractivity contribution in [1.82, 2.24) is 4.90 Å². The van der Waals surface area contributed by atoms with Crippen molar-refractivity contribution in [2.75, 3.05) is 13.1 Å². The molecule has 1 fully saturated rings. The van der Waals surface area contributed by atoms with Crippen molar-refractivity contribution in [2.45, 2.75) is 5.92 Å². The Kier molecular flexibility index (Phi) is 2.24. The first kappa shape index (κ1) is 8.58. The molecule has 0 aromatic heterocycles. The van der Waals surface area contributed by atoms with E-state index >= 15 is 0 Å². The highest BCUT2D eigenvalue weighted by Gasteiger charge is 2.26. The van der Waals surface area contributed by atoms with Gasteiger partial charge in [-0.2, -0.15) is 5.26 Å². The van der Waals surface area contributed by atoms with E-state index in [1.807, 2.05) is 12.1 Å². The van der Waals surface area contributed by atoms with Crippen LogP contribution in [0.5, 0.6) is 0 Å². The normalized spacial score (nSPS) is 16.5. The highest BCUT2D eigenvalue weighted by Crippen LogP contribution is 2.27.